The van der Waals surface area contributed by atoms with Crippen molar-refractivity contribution in [2.45, 2.75) is 11.4 Å². The lowest BCUT2D eigenvalue weighted by atomic mass is 9.99. The molecule has 1 N–H and O–H groups in total. The number of fused-ring (bicyclic) bond motifs is 2. The van der Waals surface area contributed by atoms with E-state index in [4.69, 9.17) is 0 Å². The maximum absolute atomic E-state index is 12.3. The van der Waals surface area contributed by atoms with E-state index < -0.39 is 11.0 Å². The van der Waals surface area contributed by atoms with Crippen LogP contribution in [0.5, 0.6) is 0 Å². The summed E-state index contributed by atoms with van der Waals surface area (Å²) >= 11 is 0. The third kappa shape index (κ3) is 1.94. The van der Waals surface area contributed by atoms with Crippen LogP contribution in [0.1, 0.15) is 5.56 Å². The Bertz CT molecular complexity index is 992. The number of nitrogens with zero attached hydrogens (tertiary/aromatic N) is 1. The number of benzene rings is 2. The van der Waals surface area contributed by atoms with Gasteiger partial charge in [-0.25, -0.2) is 8.93 Å². The first-order valence-corrected chi connectivity index (χ1v) is 8.17. The predicted octanol–water partition coefficient (Wildman–Crippen LogP) is 2.33. The molecule has 2 heterocycles. The van der Waals surface area contributed by atoms with E-state index in [1.807, 2.05) is 48.7 Å². The standard InChI is InChI=1S/C17H14N2O2S/c1-19-10-15(13-4-2-3-5-14(13)17(19)20)11-6-7-12-9-18-22(21)16(12)8-11/h2-8,10,18H,9H2,1H3. The summed E-state index contributed by atoms with van der Waals surface area (Å²) in [7, 11) is 0.611. The second kappa shape index (κ2) is 4.90. The van der Waals surface area contributed by atoms with E-state index in [0.29, 0.717) is 11.9 Å². The Balaban J connectivity index is 2.03. The summed E-state index contributed by atoms with van der Waals surface area (Å²) in [6, 6.07) is 13.6. The van der Waals surface area contributed by atoms with Crippen LogP contribution in [0.25, 0.3) is 21.9 Å². The lowest BCUT2D eigenvalue weighted by Gasteiger charge is -2.10. The predicted molar refractivity (Wildman–Crippen MR) is 87.9 cm³/mol. The van der Waals surface area contributed by atoms with Crippen molar-refractivity contribution in [1.82, 2.24) is 9.29 Å². The number of aryl methyl sites for hydroxylation is 1. The first-order chi connectivity index (χ1) is 10.6. The highest BCUT2D eigenvalue weighted by atomic mass is 32.2. The van der Waals surface area contributed by atoms with Gasteiger partial charge in [-0.3, -0.25) is 4.79 Å². The average Bonchev–Trinajstić information content (AvgIpc) is 2.92. The van der Waals surface area contributed by atoms with E-state index in [-0.39, 0.29) is 5.56 Å². The van der Waals surface area contributed by atoms with E-state index in [0.717, 1.165) is 27.0 Å². The number of hydrogen-bond acceptors (Lipinski definition) is 2. The molecule has 3 aromatic rings. The fraction of sp³-hybridized carbons (Fsp3) is 0.118. The molecule has 0 spiro atoms. The van der Waals surface area contributed by atoms with Gasteiger partial charge in [0.15, 0.2) is 0 Å². The van der Waals surface area contributed by atoms with Crippen LogP contribution in [0.2, 0.25) is 0 Å². The molecule has 2 aromatic carbocycles. The second-order valence-corrected chi connectivity index (χ2v) is 6.68. The zero-order valence-corrected chi connectivity index (χ0v) is 12.8. The fourth-order valence-electron chi connectivity index (χ4n) is 2.91. The summed E-state index contributed by atoms with van der Waals surface area (Å²) in [5.41, 5.74) is 3.01. The Hall–Kier alpha value is -2.24. The van der Waals surface area contributed by atoms with Gasteiger partial charge in [0.2, 0.25) is 0 Å². The van der Waals surface area contributed by atoms with Crippen LogP contribution < -0.4 is 10.3 Å². The van der Waals surface area contributed by atoms with Crippen LogP contribution in [0.3, 0.4) is 0 Å². The summed E-state index contributed by atoms with van der Waals surface area (Å²) in [4.78, 5) is 13.1. The molecular weight excluding hydrogens is 296 g/mol. The van der Waals surface area contributed by atoms with E-state index in [1.54, 1.807) is 11.6 Å². The van der Waals surface area contributed by atoms with Gasteiger partial charge >= 0.3 is 0 Å². The van der Waals surface area contributed by atoms with Gasteiger partial charge in [-0.2, -0.15) is 0 Å². The number of pyridine rings is 1. The number of rotatable bonds is 1. The SMILES string of the molecule is Cn1cc(-c2ccc3c(c2)S(=O)NC3)c2ccccc2c1=O. The van der Waals surface area contributed by atoms with Crippen LogP contribution >= 0.6 is 0 Å². The summed E-state index contributed by atoms with van der Waals surface area (Å²) < 4.78 is 16.5. The molecule has 0 amide bonds. The molecule has 110 valence electrons. The molecule has 0 radical (unpaired) electrons. The molecule has 0 saturated carbocycles. The van der Waals surface area contributed by atoms with Crippen molar-refractivity contribution in [1.29, 1.82) is 0 Å². The molecule has 0 saturated heterocycles. The van der Waals surface area contributed by atoms with Crippen LogP contribution in [0.15, 0.2) is 58.4 Å². The molecule has 22 heavy (non-hydrogen) atoms. The van der Waals surface area contributed by atoms with Gasteiger partial charge in [0.05, 0.1) is 4.90 Å². The van der Waals surface area contributed by atoms with Crippen molar-refractivity contribution in [3.05, 3.63) is 64.6 Å². The Morgan fingerprint density at radius 2 is 1.91 bits per heavy atom. The van der Waals surface area contributed by atoms with Crippen molar-refractivity contribution >= 4 is 21.8 Å². The normalized spacial score (nSPS) is 16.9. The topological polar surface area (TPSA) is 51.1 Å². The van der Waals surface area contributed by atoms with Gasteiger partial charge in [0.25, 0.3) is 5.56 Å². The Morgan fingerprint density at radius 1 is 1.14 bits per heavy atom. The largest absolute Gasteiger partial charge is 0.317 e. The first kappa shape index (κ1) is 13.4. The molecular formula is C17H14N2O2S. The molecule has 1 unspecified atom stereocenters. The lowest BCUT2D eigenvalue weighted by Crippen LogP contribution is -2.16. The highest BCUT2D eigenvalue weighted by Gasteiger charge is 2.19. The zero-order chi connectivity index (χ0) is 15.3. The smallest absolute Gasteiger partial charge is 0.258 e. The molecule has 0 fully saturated rings. The van der Waals surface area contributed by atoms with Gasteiger partial charge < -0.3 is 4.57 Å². The molecule has 1 aliphatic rings. The molecule has 1 aliphatic heterocycles. The minimum atomic E-state index is -1.14. The summed E-state index contributed by atoms with van der Waals surface area (Å²) in [6.07, 6.45) is 1.84. The van der Waals surface area contributed by atoms with Crippen LogP contribution in [0.4, 0.5) is 0 Å². The van der Waals surface area contributed by atoms with Crippen molar-refractivity contribution in [3.63, 3.8) is 0 Å². The van der Waals surface area contributed by atoms with Gasteiger partial charge in [0, 0.05) is 30.7 Å². The van der Waals surface area contributed by atoms with Crippen molar-refractivity contribution in [2.75, 3.05) is 0 Å². The maximum atomic E-state index is 12.3. The minimum absolute atomic E-state index is 0.00856. The van der Waals surface area contributed by atoms with Crippen molar-refractivity contribution in [2.24, 2.45) is 7.05 Å². The third-order valence-corrected chi connectivity index (χ3v) is 5.25. The molecule has 4 rings (SSSR count). The Morgan fingerprint density at radius 3 is 2.73 bits per heavy atom. The Labute approximate surface area is 130 Å². The number of hydrogen-bond donors (Lipinski definition) is 1. The average molecular weight is 310 g/mol. The summed E-state index contributed by atoms with van der Waals surface area (Å²) in [6.45, 7) is 0.635. The molecule has 0 aliphatic carbocycles. The first-order valence-electron chi connectivity index (χ1n) is 7.02. The van der Waals surface area contributed by atoms with Crippen LogP contribution in [-0.4, -0.2) is 8.78 Å². The van der Waals surface area contributed by atoms with Gasteiger partial charge in [-0.1, -0.05) is 30.3 Å². The van der Waals surface area contributed by atoms with E-state index in [1.165, 1.54) is 0 Å². The lowest BCUT2D eigenvalue weighted by molar-refractivity contribution is 0.678. The zero-order valence-electron chi connectivity index (χ0n) is 12.0. The summed E-state index contributed by atoms with van der Waals surface area (Å²) in [5, 5.41) is 1.62. The van der Waals surface area contributed by atoms with Gasteiger partial charge in [0.1, 0.15) is 11.0 Å². The van der Waals surface area contributed by atoms with E-state index in [9.17, 15) is 9.00 Å². The van der Waals surface area contributed by atoms with E-state index in [2.05, 4.69) is 4.72 Å². The molecule has 4 nitrogen and oxygen atoms in total. The van der Waals surface area contributed by atoms with Gasteiger partial charge in [-0.15, -0.1) is 0 Å². The monoisotopic (exact) mass is 310 g/mol. The van der Waals surface area contributed by atoms with Gasteiger partial charge in [-0.05, 0) is 28.6 Å². The summed E-state index contributed by atoms with van der Waals surface area (Å²) in [5.74, 6) is 0. The molecule has 0 bridgehead atoms. The van der Waals surface area contributed by atoms with Crippen LogP contribution in [-0.2, 0) is 24.6 Å². The highest BCUT2D eigenvalue weighted by molar-refractivity contribution is 7.83. The second-order valence-electron chi connectivity index (χ2n) is 5.42. The maximum Gasteiger partial charge on any atom is 0.258 e. The minimum Gasteiger partial charge on any atom is -0.317 e. The quantitative estimate of drug-likeness (QED) is 0.750. The molecule has 5 heteroatoms. The van der Waals surface area contributed by atoms with Crippen molar-refractivity contribution in [3.8, 4) is 11.1 Å². The van der Waals surface area contributed by atoms with E-state index >= 15 is 0 Å². The molecule has 1 aromatic heterocycles. The Kier molecular flexibility index (Phi) is 2.99. The third-order valence-electron chi connectivity index (χ3n) is 4.06. The highest BCUT2D eigenvalue weighted by Crippen LogP contribution is 2.30. The molecule has 1 atom stereocenters. The number of aromatic nitrogens is 1. The number of nitrogens with one attached hydrogen (secondary N) is 1. The van der Waals surface area contributed by atoms with Crippen LogP contribution in [0, 0.1) is 0 Å². The van der Waals surface area contributed by atoms with Crippen molar-refractivity contribution < 1.29 is 4.21 Å². The fourth-order valence-corrected chi connectivity index (χ4v) is 3.96.